The molecule has 2 aromatic rings. The van der Waals surface area contributed by atoms with Gasteiger partial charge in [-0.3, -0.25) is 19.7 Å². The summed E-state index contributed by atoms with van der Waals surface area (Å²) >= 11 is 0. The van der Waals surface area contributed by atoms with E-state index in [1.807, 2.05) is 0 Å². The SMILES string of the molecule is COc1ccc(OC)c([C@@H]2N[C@H](C(=O)O)[C@@H]3C(=O)N(c4ccccc4)C(=O)[C@H]32)c1. The number of carbonyl (C=O) groups is 3. The number of methoxy groups -OCH3 is 2. The summed E-state index contributed by atoms with van der Waals surface area (Å²) in [5, 5.41) is 12.7. The highest BCUT2D eigenvalue weighted by Crippen LogP contribution is 2.47. The lowest BCUT2D eigenvalue weighted by Crippen LogP contribution is -2.43. The van der Waals surface area contributed by atoms with E-state index < -0.39 is 41.7 Å². The van der Waals surface area contributed by atoms with Crippen molar-refractivity contribution >= 4 is 23.5 Å². The quantitative estimate of drug-likeness (QED) is 0.740. The lowest BCUT2D eigenvalue weighted by atomic mass is 9.86. The lowest BCUT2D eigenvalue weighted by Gasteiger charge is -2.23. The Bertz CT molecular complexity index is 976. The van der Waals surface area contributed by atoms with E-state index >= 15 is 0 Å². The molecule has 2 N–H and O–H groups in total. The van der Waals surface area contributed by atoms with Crippen molar-refractivity contribution in [2.24, 2.45) is 11.8 Å². The van der Waals surface area contributed by atoms with Gasteiger partial charge < -0.3 is 14.6 Å². The smallest absolute Gasteiger partial charge is 0.321 e. The zero-order chi connectivity index (χ0) is 20.7. The molecule has 2 fully saturated rings. The summed E-state index contributed by atoms with van der Waals surface area (Å²) in [6.45, 7) is 0. The van der Waals surface area contributed by atoms with E-state index in [9.17, 15) is 19.5 Å². The van der Waals surface area contributed by atoms with Gasteiger partial charge in [0.15, 0.2) is 0 Å². The van der Waals surface area contributed by atoms with Gasteiger partial charge in [-0.1, -0.05) is 18.2 Å². The van der Waals surface area contributed by atoms with Crippen LogP contribution in [-0.4, -0.2) is 43.2 Å². The maximum atomic E-state index is 13.3. The van der Waals surface area contributed by atoms with Gasteiger partial charge in [-0.15, -0.1) is 0 Å². The predicted molar refractivity (Wildman–Crippen MR) is 103 cm³/mol. The number of carboxylic acids is 1. The molecule has 150 valence electrons. The molecule has 0 radical (unpaired) electrons. The Balaban J connectivity index is 1.82. The van der Waals surface area contributed by atoms with Gasteiger partial charge in [0, 0.05) is 11.6 Å². The average Bonchev–Trinajstić information content (AvgIpc) is 3.25. The second-order valence-corrected chi connectivity index (χ2v) is 6.97. The number of nitrogens with zero attached hydrogens (tertiary/aromatic N) is 1. The van der Waals surface area contributed by atoms with E-state index in [-0.39, 0.29) is 0 Å². The number of carbonyl (C=O) groups excluding carboxylic acids is 2. The fourth-order valence-corrected chi connectivity index (χ4v) is 4.24. The molecule has 0 aromatic heterocycles. The summed E-state index contributed by atoms with van der Waals surface area (Å²) < 4.78 is 10.7. The van der Waals surface area contributed by atoms with Crippen LogP contribution in [0.15, 0.2) is 48.5 Å². The molecule has 8 heteroatoms. The Labute approximate surface area is 167 Å². The standard InChI is InChI=1S/C21H20N2O6/c1-28-12-8-9-14(29-2)13(10-12)17-15-16(18(22-17)21(26)27)20(25)23(19(15)24)11-6-4-3-5-7-11/h3-10,15-18,22H,1-2H3,(H,26,27)/t15-,16-,17+,18+/m1/s1. The number of anilines is 1. The minimum atomic E-state index is -1.19. The molecule has 2 amide bonds. The van der Waals surface area contributed by atoms with Crippen molar-refractivity contribution < 1.29 is 29.0 Å². The second kappa shape index (κ2) is 7.21. The highest BCUT2D eigenvalue weighted by molar-refractivity contribution is 6.23. The molecule has 0 saturated carbocycles. The monoisotopic (exact) mass is 396 g/mol. The highest BCUT2D eigenvalue weighted by atomic mass is 16.5. The fraction of sp³-hybridized carbons (Fsp3) is 0.286. The largest absolute Gasteiger partial charge is 0.497 e. The minimum absolute atomic E-state index is 0.428. The van der Waals surface area contributed by atoms with Crippen molar-refractivity contribution in [3.8, 4) is 11.5 Å². The molecule has 2 aliphatic rings. The first-order valence-electron chi connectivity index (χ1n) is 9.11. The molecule has 29 heavy (non-hydrogen) atoms. The van der Waals surface area contributed by atoms with Crippen LogP contribution in [0.4, 0.5) is 5.69 Å². The number of imide groups is 1. The number of fused-ring (bicyclic) bond motifs is 1. The van der Waals surface area contributed by atoms with E-state index in [0.29, 0.717) is 22.7 Å². The molecule has 8 nitrogen and oxygen atoms in total. The van der Waals surface area contributed by atoms with Crippen molar-refractivity contribution in [1.29, 1.82) is 0 Å². The van der Waals surface area contributed by atoms with Crippen LogP contribution in [0.3, 0.4) is 0 Å². The number of benzene rings is 2. The maximum Gasteiger partial charge on any atom is 0.321 e. The number of carboxylic acid groups (broad SMARTS) is 1. The third-order valence-corrected chi connectivity index (χ3v) is 5.53. The van der Waals surface area contributed by atoms with Gasteiger partial charge >= 0.3 is 5.97 Å². The Morgan fingerprint density at radius 1 is 1.00 bits per heavy atom. The lowest BCUT2D eigenvalue weighted by molar-refractivity contribution is -0.142. The molecular formula is C21H20N2O6. The van der Waals surface area contributed by atoms with Crippen LogP contribution in [0, 0.1) is 11.8 Å². The first-order chi connectivity index (χ1) is 14.0. The Kier molecular flexibility index (Phi) is 4.71. The Morgan fingerprint density at radius 3 is 2.31 bits per heavy atom. The van der Waals surface area contributed by atoms with Crippen LogP contribution >= 0.6 is 0 Å². The van der Waals surface area contributed by atoms with E-state index in [2.05, 4.69) is 5.32 Å². The molecular weight excluding hydrogens is 376 g/mol. The first kappa shape index (κ1) is 18.9. The number of amides is 2. The van der Waals surface area contributed by atoms with Crippen LogP contribution in [0.25, 0.3) is 0 Å². The van der Waals surface area contributed by atoms with Gasteiger partial charge in [0.2, 0.25) is 11.8 Å². The first-order valence-corrected chi connectivity index (χ1v) is 9.11. The molecule has 0 spiro atoms. The number of para-hydroxylation sites is 1. The molecule has 0 bridgehead atoms. The van der Waals surface area contributed by atoms with Crippen LogP contribution in [0.2, 0.25) is 0 Å². The number of rotatable bonds is 5. The summed E-state index contributed by atoms with van der Waals surface area (Å²) in [5.41, 5.74) is 0.999. The van der Waals surface area contributed by atoms with Gasteiger partial charge in [0.05, 0.1) is 31.7 Å². The summed E-state index contributed by atoms with van der Waals surface area (Å²) in [5.74, 6) is -3.00. The molecule has 2 heterocycles. The van der Waals surface area contributed by atoms with Crippen molar-refractivity contribution in [2.75, 3.05) is 19.1 Å². The van der Waals surface area contributed by atoms with E-state index in [1.54, 1.807) is 48.5 Å². The molecule has 2 saturated heterocycles. The van der Waals surface area contributed by atoms with E-state index in [4.69, 9.17) is 9.47 Å². The van der Waals surface area contributed by atoms with E-state index in [0.717, 1.165) is 4.90 Å². The number of hydrogen-bond acceptors (Lipinski definition) is 6. The van der Waals surface area contributed by atoms with Gasteiger partial charge in [0.1, 0.15) is 17.5 Å². The van der Waals surface area contributed by atoms with Crippen molar-refractivity contribution in [3.05, 3.63) is 54.1 Å². The number of ether oxygens (including phenoxy) is 2. The number of nitrogens with one attached hydrogen (secondary N) is 1. The summed E-state index contributed by atoms with van der Waals surface area (Å²) in [6, 6.07) is 11.7. The number of aliphatic carboxylic acids is 1. The normalized spacial score (nSPS) is 25.8. The van der Waals surface area contributed by atoms with Gasteiger partial charge in [0.25, 0.3) is 0 Å². The summed E-state index contributed by atoms with van der Waals surface area (Å²) in [6.07, 6.45) is 0. The molecule has 4 rings (SSSR count). The summed E-state index contributed by atoms with van der Waals surface area (Å²) in [7, 11) is 3.00. The predicted octanol–water partition coefficient (Wildman–Crippen LogP) is 1.61. The van der Waals surface area contributed by atoms with Crippen LogP contribution in [0.5, 0.6) is 11.5 Å². The van der Waals surface area contributed by atoms with Gasteiger partial charge in [-0.2, -0.15) is 0 Å². The molecule has 2 aliphatic heterocycles. The van der Waals surface area contributed by atoms with Gasteiger partial charge in [-0.25, -0.2) is 4.90 Å². The number of hydrogen-bond donors (Lipinski definition) is 2. The average molecular weight is 396 g/mol. The summed E-state index contributed by atoms with van der Waals surface area (Å²) in [4.78, 5) is 39.4. The minimum Gasteiger partial charge on any atom is -0.497 e. The van der Waals surface area contributed by atoms with Crippen LogP contribution in [-0.2, 0) is 14.4 Å². The van der Waals surface area contributed by atoms with Crippen molar-refractivity contribution in [3.63, 3.8) is 0 Å². The zero-order valence-corrected chi connectivity index (χ0v) is 15.9. The van der Waals surface area contributed by atoms with Crippen LogP contribution in [0.1, 0.15) is 11.6 Å². The fourth-order valence-electron chi connectivity index (χ4n) is 4.24. The van der Waals surface area contributed by atoms with E-state index in [1.165, 1.54) is 14.2 Å². The topological polar surface area (TPSA) is 105 Å². The molecule has 2 aromatic carbocycles. The maximum absolute atomic E-state index is 13.3. The molecule has 0 aliphatic carbocycles. The molecule has 4 atom stereocenters. The Morgan fingerprint density at radius 2 is 1.69 bits per heavy atom. The third kappa shape index (κ3) is 2.92. The Hall–Kier alpha value is -3.39. The van der Waals surface area contributed by atoms with Gasteiger partial charge in [-0.05, 0) is 30.3 Å². The second-order valence-electron chi connectivity index (χ2n) is 6.97. The van der Waals surface area contributed by atoms with Crippen molar-refractivity contribution in [1.82, 2.24) is 5.32 Å². The van der Waals surface area contributed by atoms with Crippen LogP contribution < -0.4 is 19.7 Å². The zero-order valence-electron chi connectivity index (χ0n) is 15.9. The van der Waals surface area contributed by atoms with Crippen molar-refractivity contribution in [2.45, 2.75) is 12.1 Å². The third-order valence-electron chi connectivity index (χ3n) is 5.53. The highest BCUT2D eigenvalue weighted by Gasteiger charge is 2.61. The molecule has 0 unspecified atom stereocenters.